The number of thiazole rings is 1. The first kappa shape index (κ1) is 20.7. The van der Waals surface area contributed by atoms with Gasteiger partial charge in [0, 0.05) is 6.20 Å². The fraction of sp³-hybridized carbons (Fsp3) is 0.474. The summed E-state index contributed by atoms with van der Waals surface area (Å²) in [5.74, 6) is 0.241. The third-order valence-corrected chi connectivity index (χ3v) is 6.08. The molecule has 0 spiro atoms. The minimum atomic E-state index is -4.39. The maximum atomic E-state index is 12.6. The summed E-state index contributed by atoms with van der Waals surface area (Å²) in [6.45, 7) is 2.35. The van der Waals surface area contributed by atoms with Crippen molar-refractivity contribution < 1.29 is 18.3 Å². The van der Waals surface area contributed by atoms with Gasteiger partial charge in [-0.1, -0.05) is 0 Å². The molecule has 0 saturated heterocycles. The minimum absolute atomic E-state index is 0.123. The predicted molar refractivity (Wildman–Crippen MR) is 110 cm³/mol. The summed E-state index contributed by atoms with van der Waals surface area (Å²) in [6, 6.07) is 1.64. The average Bonchev–Trinajstić information content (AvgIpc) is 3.26. The number of aliphatic hydroxyl groups is 1. The maximum absolute atomic E-state index is 12.6. The van der Waals surface area contributed by atoms with Crippen molar-refractivity contribution in [2.24, 2.45) is 0 Å². The lowest BCUT2D eigenvalue weighted by molar-refractivity contribution is -0.115. The molecule has 1 aliphatic rings. The van der Waals surface area contributed by atoms with Crippen molar-refractivity contribution in [2.75, 3.05) is 17.2 Å². The highest BCUT2D eigenvalue weighted by atomic mass is 32.1. The monoisotopic (exact) mass is 438 g/mol. The van der Waals surface area contributed by atoms with E-state index in [4.69, 9.17) is 0 Å². The molecule has 1 fully saturated rings. The maximum Gasteiger partial charge on any atom is 0.405 e. The van der Waals surface area contributed by atoms with E-state index >= 15 is 0 Å². The molecule has 0 aromatic carbocycles. The van der Waals surface area contributed by atoms with Crippen molar-refractivity contribution in [3.63, 3.8) is 0 Å². The second kappa shape index (κ2) is 7.95. The normalized spacial score (nSPS) is 19.4. The van der Waals surface area contributed by atoms with Crippen LogP contribution in [0.25, 0.3) is 20.8 Å². The van der Waals surface area contributed by atoms with Gasteiger partial charge in [0.25, 0.3) is 0 Å². The topological polar surface area (TPSA) is 95.9 Å². The van der Waals surface area contributed by atoms with E-state index in [1.165, 1.54) is 11.3 Å². The Kier molecular flexibility index (Phi) is 5.49. The van der Waals surface area contributed by atoms with E-state index in [2.05, 4.69) is 30.6 Å². The van der Waals surface area contributed by atoms with Crippen LogP contribution < -0.4 is 10.6 Å². The van der Waals surface area contributed by atoms with E-state index in [0.29, 0.717) is 28.5 Å². The molecule has 2 atom stereocenters. The fourth-order valence-electron chi connectivity index (χ4n) is 3.57. The van der Waals surface area contributed by atoms with Gasteiger partial charge in [-0.15, -0.1) is 11.3 Å². The lowest BCUT2D eigenvalue weighted by atomic mass is 10.1. The van der Waals surface area contributed by atoms with Crippen LogP contribution in [0.4, 0.5) is 24.9 Å². The van der Waals surface area contributed by atoms with Gasteiger partial charge >= 0.3 is 6.18 Å². The minimum Gasteiger partial charge on any atom is -0.391 e. The molecule has 0 radical (unpaired) electrons. The molecule has 0 unspecified atom stereocenters. The first-order chi connectivity index (χ1) is 14.2. The number of alkyl halides is 3. The van der Waals surface area contributed by atoms with Crippen LogP contribution in [0.1, 0.15) is 30.7 Å². The van der Waals surface area contributed by atoms with Crippen molar-refractivity contribution in [3.05, 3.63) is 23.7 Å². The Morgan fingerprint density at radius 2 is 1.97 bits per heavy atom. The van der Waals surface area contributed by atoms with Gasteiger partial charge < -0.3 is 15.7 Å². The van der Waals surface area contributed by atoms with Crippen LogP contribution >= 0.6 is 11.3 Å². The number of halogens is 3. The first-order valence-corrected chi connectivity index (χ1v) is 10.4. The number of pyridine rings is 1. The Labute approximate surface area is 174 Å². The molecule has 0 bridgehead atoms. The average molecular weight is 438 g/mol. The number of aromatic nitrogens is 4. The van der Waals surface area contributed by atoms with Crippen molar-refractivity contribution in [2.45, 2.75) is 51.4 Å². The summed E-state index contributed by atoms with van der Waals surface area (Å²) in [6.07, 6.45) is -0.936. The molecule has 3 N–H and O–H groups in total. The second-order valence-electron chi connectivity index (χ2n) is 7.34. The highest BCUT2D eigenvalue weighted by Crippen LogP contribution is 2.37. The molecule has 160 valence electrons. The predicted octanol–water partition coefficient (Wildman–Crippen LogP) is 4.06. The lowest BCUT2D eigenvalue weighted by Crippen LogP contribution is -2.29. The summed E-state index contributed by atoms with van der Waals surface area (Å²) < 4.78 is 38.9. The molecule has 3 heterocycles. The van der Waals surface area contributed by atoms with Crippen LogP contribution in [0.2, 0.25) is 0 Å². The third-order valence-electron chi connectivity index (χ3n) is 5.04. The molecule has 1 saturated carbocycles. The third kappa shape index (κ3) is 4.31. The van der Waals surface area contributed by atoms with Crippen molar-refractivity contribution in [3.8, 4) is 10.6 Å². The highest BCUT2D eigenvalue weighted by molar-refractivity contribution is 7.21. The standard InChI is InChI=1S/C19H21F3N6OS/c1-9-14(17-27-15-10(2)23-7-6-13(15)30-17)16(26-11-4-3-5-12(11)29)28-18(25-9)24-8-19(20,21)22/h6-7,11-12,29H,3-5,8H2,1-2H3,(H2,24,25,26,28)/t11-,12-/m0/s1. The first-order valence-electron chi connectivity index (χ1n) is 9.57. The molecule has 4 rings (SSSR count). The molecular formula is C19H21F3N6OS. The fourth-order valence-corrected chi connectivity index (χ4v) is 4.68. The molecule has 0 amide bonds. The van der Waals surface area contributed by atoms with E-state index in [-0.39, 0.29) is 12.0 Å². The Balaban J connectivity index is 1.77. The summed E-state index contributed by atoms with van der Waals surface area (Å²) >= 11 is 1.44. The van der Waals surface area contributed by atoms with E-state index in [1.54, 1.807) is 13.1 Å². The van der Waals surface area contributed by atoms with Crippen molar-refractivity contribution >= 4 is 33.3 Å². The van der Waals surface area contributed by atoms with Crippen molar-refractivity contribution in [1.82, 2.24) is 19.9 Å². The van der Waals surface area contributed by atoms with Gasteiger partial charge in [0.15, 0.2) is 0 Å². The number of nitrogens with zero attached hydrogens (tertiary/aromatic N) is 4. The number of hydrogen-bond donors (Lipinski definition) is 3. The Morgan fingerprint density at radius 1 is 1.17 bits per heavy atom. The molecule has 11 heteroatoms. The number of rotatable bonds is 5. The molecule has 3 aromatic heterocycles. The highest BCUT2D eigenvalue weighted by Gasteiger charge is 2.30. The zero-order valence-electron chi connectivity index (χ0n) is 16.4. The Bertz CT molecular complexity index is 1070. The lowest BCUT2D eigenvalue weighted by Gasteiger charge is -2.20. The van der Waals surface area contributed by atoms with Crippen LogP contribution in [0.3, 0.4) is 0 Å². The summed E-state index contributed by atoms with van der Waals surface area (Å²) in [4.78, 5) is 17.5. The van der Waals surface area contributed by atoms with Gasteiger partial charge in [-0.25, -0.2) is 9.97 Å². The molecule has 0 aliphatic heterocycles. The number of aliphatic hydroxyl groups excluding tert-OH is 1. The Morgan fingerprint density at radius 3 is 2.63 bits per heavy atom. The SMILES string of the molecule is Cc1nc(NCC(F)(F)F)nc(N[C@H]2CCC[C@@H]2O)c1-c1nc2c(C)nccc2s1. The quantitative estimate of drug-likeness (QED) is 0.553. The number of aryl methyl sites for hydroxylation is 2. The van der Waals surface area contributed by atoms with Crippen LogP contribution in [0, 0.1) is 13.8 Å². The molecular weight excluding hydrogens is 417 g/mol. The smallest absolute Gasteiger partial charge is 0.391 e. The Hall–Kier alpha value is -2.53. The molecule has 3 aromatic rings. The van der Waals surface area contributed by atoms with Gasteiger partial charge in [-0.2, -0.15) is 18.2 Å². The summed E-state index contributed by atoms with van der Waals surface area (Å²) in [5, 5.41) is 16.3. The van der Waals surface area contributed by atoms with Gasteiger partial charge in [0.2, 0.25) is 5.95 Å². The van der Waals surface area contributed by atoms with E-state index in [0.717, 1.165) is 28.8 Å². The number of fused-ring (bicyclic) bond motifs is 1. The van der Waals surface area contributed by atoms with E-state index in [9.17, 15) is 18.3 Å². The van der Waals surface area contributed by atoms with Crippen molar-refractivity contribution in [1.29, 1.82) is 0 Å². The van der Waals surface area contributed by atoms with Crippen LogP contribution in [0.5, 0.6) is 0 Å². The van der Waals surface area contributed by atoms with Crippen LogP contribution in [-0.2, 0) is 0 Å². The summed E-state index contributed by atoms with van der Waals surface area (Å²) in [7, 11) is 0. The number of nitrogens with one attached hydrogen (secondary N) is 2. The largest absolute Gasteiger partial charge is 0.405 e. The van der Waals surface area contributed by atoms with Gasteiger partial charge in [0.05, 0.1) is 33.8 Å². The zero-order valence-corrected chi connectivity index (χ0v) is 17.2. The summed E-state index contributed by atoms with van der Waals surface area (Å²) in [5.41, 5.74) is 2.67. The molecule has 30 heavy (non-hydrogen) atoms. The van der Waals surface area contributed by atoms with Crippen LogP contribution in [0.15, 0.2) is 12.3 Å². The van der Waals surface area contributed by atoms with Crippen LogP contribution in [-0.4, -0.2) is 49.9 Å². The number of hydrogen-bond acceptors (Lipinski definition) is 8. The second-order valence-corrected chi connectivity index (χ2v) is 8.37. The van der Waals surface area contributed by atoms with Gasteiger partial charge in [-0.3, -0.25) is 4.98 Å². The van der Waals surface area contributed by atoms with E-state index < -0.39 is 18.8 Å². The zero-order chi connectivity index (χ0) is 21.5. The van der Waals surface area contributed by atoms with Gasteiger partial charge in [-0.05, 0) is 39.2 Å². The number of anilines is 2. The molecule has 7 nitrogen and oxygen atoms in total. The van der Waals surface area contributed by atoms with E-state index in [1.807, 2.05) is 13.0 Å². The van der Waals surface area contributed by atoms with Gasteiger partial charge in [0.1, 0.15) is 22.9 Å². The molecule has 1 aliphatic carbocycles.